The molecule has 30 heavy (non-hydrogen) atoms. The number of halogens is 1. The quantitative estimate of drug-likeness (QED) is 0.668. The fourth-order valence-electron chi connectivity index (χ4n) is 3.52. The van der Waals surface area contributed by atoms with Crippen LogP contribution in [-0.2, 0) is 0 Å². The number of pyridine rings is 1. The molecule has 0 spiro atoms. The van der Waals surface area contributed by atoms with Gasteiger partial charge < -0.3 is 10.2 Å². The van der Waals surface area contributed by atoms with Crippen LogP contribution in [0.25, 0.3) is 5.69 Å². The maximum atomic E-state index is 13.1. The molecule has 0 saturated carbocycles. The van der Waals surface area contributed by atoms with E-state index >= 15 is 0 Å². The molecule has 0 bridgehead atoms. The highest BCUT2D eigenvalue weighted by molar-refractivity contribution is 5.92. The number of hydrogen-bond donors (Lipinski definition) is 1. The molecule has 1 aromatic carbocycles. The van der Waals surface area contributed by atoms with E-state index in [-0.39, 0.29) is 23.5 Å². The smallest absolute Gasteiger partial charge is 0.273 e. The van der Waals surface area contributed by atoms with Crippen LogP contribution < -0.4 is 10.2 Å². The Morgan fingerprint density at radius 2 is 1.90 bits per heavy atom. The SMILES string of the molecule is CC(CN1CCN(c2ccccn2)CC1)NC(=O)c1cn(-c2ccc(F)cc2)nn1. The monoisotopic (exact) mass is 409 g/mol. The van der Waals surface area contributed by atoms with Crippen LogP contribution in [-0.4, -0.2) is 69.6 Å². The molecular weight excluding hydrogens is 385 g/mol. The lowest BCUT2D eigenvalue weighted by Crippen LogP contribution is -2.51. The van der Waals surface area contributed by atoms with E-state index in [0.717, 1.165) is 38.5 Å². The summed E-state index contributed by atoms with van der Waals surface area (Å²) in [5, 5.41) is 10.9. The molecule has 3 heterocycles. The molecule has 0 aliphatic carbocycles. The summed E-state index contributed by atoms with van der Waals surface area (Å²) >= 11 is 0. The first-order valence-corrected chi connectivity index (χ1v) is 9.96. The largest absolute Gasteiger partial charge is 0.354 e. The van der Waals surface area contributed by atoms with Crippen molar-refractivity contribution in [3.63, 3.8) is 0 Å². The normalized spacial score (nSPS) is 15.7. The van der Waals surface area contributed by atoms with E-state index < -0.39 is 0 Å². The third kappa shape index (κ3) is 4.80. The van der Waals surface area contributed by atoms with E-state index in [2.05, 4.69) is 30.4 Å². The number of nitrogens with one attached hydrogen (secondary N) is 1. The maximum Gasteiger partial charge on any atom is 0.273 e. The van der Waals surface area contributed by atoms with E-state index in [1.807, 2.05) is 31.3 Å². The number of aromatic nitrogens is 4. The first-order valence-electron chi connectivity index (χ1n) is 9.96. The Bertz CT molecular complexity index is 969. The van der Waals surface area contributed by atoms with Crippen LogP contribution in [0.2, 0.25) is 0 Å². The number of carbonyl (C=O) groups excluding carboxylic acids is 1. The molecular formula is C21H24FN7O. The minimum atomic E-state index is -0.327. The number of nitrogens with zero attached hydrogens (tertiary/aromatic N) is 6. The predicted octanol–water partition coefficient (Wildman–Crippen LogP) is 1.74. The zero-order valence-corrected chi connectivity index (χ0v) is 16.8. The predicted molar refractivity (Wildman–Crippen MR) is 111 cm³/mol. The van der Waals surface area contributed by atoms with Crippen molar-refractivity contribution >= 4 is 11.7 Å². The van der Waals surface area contributed by atoms with Gasteiger partial charge in [-0.25, -0.2) is 14.1 Å². The molecule has 9 heteroatoms. The minimum absolute atomic E-state index is 0.0325. The molecule has 156 valence electrons. The molecule has 1 fully saturated rings. The number of rotatable bonds is 6. The Balaban J connectivity index is 1.27. The van der Waals surface area contributed by atoms with Gasteiger partial charge in [-0.2, -0.15) is 0 Å². The molecule has 1 saturated heterocycles. The number of benzene rings is 1. The summed E-state index contributed by atoms with van der Waals surface area (Å²) in [6.07, 6.45) is 3.35. The standard InChI is InChI=1S/C21H24FN7O/c1-16(14-27-10-12-28(13-11-27)20-4-2-3-9-23-20)24-21(30)19-15-29(26-25-19)18-7-5-17(22)6-8-18/h2-9,15-16H,10-14H2,1H3,(H,24,30). The highest BCUT2D eigenvalue weighted by atomic mass is 19.1. The number of carbonyl (C=O) groups is 1. The molecule has 3 aromatic rings. The lowest BCUT2D eigenvalue weighted by atomic mass is 10.2. The molecule has 1 unspecified atom stereocenters. The lowest BCUT2D eigenvalue weighted by molar-refractivity contribution is 0.0923. The van der Waals surface area contributed by atoms with Crippen LogP contribution in [0.1, 0.15) is 17.4 Å². The fraction of sp³-hybridized carbons (Fsp3) is 0.333. The molecule has 0 radical (unpaired) electrons. The highest BCUT2D eigenvalue weighted by Gasteiger charge is 2.21. The van der Waals surface area contributed by atoms with Crippen LogP contribution in [0.3, 0.4) is 0 Å². The van der Waals surface area contributed by atoms with E-state index in [4.69, 9.17) is 0 Å². The van der Waals surface area contributed by atoms with Gasteiger partial charge in [-0.15, -0.1) is 5.10 Å². The van der Waals surface area contributed by atoms with Crippen molar-refractivity contribution in [2.24, 2.45) is 0 Å². The van der Waals surface area contributed by atoms with E-state index in [1.165, 1.54) is 16.8 Å². The molecule has 8 nitrogen and oxygen atoms in total. The van der Waals surface area contributed by atoms with Crippen molar-refractivity contribution < 1.29 is 9.18 Å². The summed E-state index contributed by atoms with van der Waals surface area (Å²) in [7, 11) is 0. The molecule has 1 aliphatic heterocycles. The third-order valence-corrected chi connectivity index (χ3v) is 5.07. The summed E-state index contributed by atoms with van der Waals surface area (Å²) in [4.78, 5) is 21.5. The second-order valence-electron chi connectivity index (χ2n) is 7.37. The number of amides is 1. The second kappa shape index (κ2) is 9.00. The number of anilines is 1. The van der Waals surface area contributed by atoms with Gasteiger partial charge in [-0.05, 0) is 43.3 Å². The van der Waals surface area contributed by atoms with Crippen LogP contribution in [0.5, 0.6) is 0 Å². The zero-order chi connectivity index (χ0) is 20.9. The van der Waals surface area contributed by atoms with E-state index in [9.17, 15) is 9.18 Å². The van der Waals surface area contributed by atoms with E-state index in [0.29, 0.717) is 5.69 Å². The Hall–Kier alpha value is -3.33. The van der Waals surface area contributed by atoms with Gasteiger partial charge in [0, 0.05) is 45.0 Å². The third-order valence-electron chi connectivity index (χ3n) is 5.07. The average Bonchev–Trinajstić information content (AvgIpc) is 3.26. The van der Waals surface area contributed by atoms with E-state index in [1.54, 1.807) is 18.3 Å². The number of piperazine rings is 1. The summed E-state index contributed by atoms with van der Waals surface area (Å²) in [5.41, 5.74) is 0.868. The molecule has 1 aliphatic rings. The average molecular weight is 409 g/mol. The Morgan fingerprint density at radius 1 is 1.13 bits per heavy atom. The van der Waals surface area contributed by atoms with Crippen LogP contribution in [0.4, 0.5) is 10.2 Å². The first kappa shape index (κ1) is 20.0. The zero-order valence-electron chi connectivity index (χ0n) is 16.8. The summed E-state index contributed by atoms with van der Waals surface area (Å²) in [6, 6.07) is 11.8. The summed E-state index contributed by atoms with van der Waals surface area (Å²) < 4.78 is 14.5. The van der Waals surface area contributed by atoms with Crippen LogP contribution in [0.15, 0.2) is 54.9 Å². The van der Waals surface area contributed by atoms with Gasteiger partial charge in [0.1, 0.15) is 11.6 Å². The first-order chi connectivity index (χ1) is 14.6. The van der Waals surface area contributed by atoms with Crippen molar-refractivity contribution in [2.75, 3.05) is 37.6 Å². The fourth-order valence-corrected chi connectivity index (χ4v) is 3.52. The Labute approximate surface area is 174 Å². The van der Waals surface area contributed by atoms with Gasteiger partial charge in [0.25, 0.3) is 5.91 Å². The van der Waals surface area contributed by atoms with Gasteiger partial charge in [0.05, 0.1) is 11.9 Å². The van der Waals surface area contributed by atoms with Gasteiger partial charge in [-0.1, -0.05) is 11.3 Å². The highest BCUT2D eigenvalue weighted by Crippen LogP contribution is 2.13. The van der Waals surface area contributed by atoms with Crippen LogP contribution in [0, 0.1) is 5.82 Å². The van der Waals surface area contributed by atoms with Crippen molar-refractivity contribution in [3.05, 3.63) is 66.4 Å². The topological polar surface area (TPSA) is 79.2 Å². The molecule has 1 amide bonds. The van der Waals surface area contributed by atoms with Crippen molar-refractivity contribution in [1.82, 2.24) is 30.2 Å². The Kier molecular flexibility index (Phi) is 5.99. The summed E-state index contributed by atoms with van der Waals surface area (Å²) in [6.45, 7) is 6.38. The second-order valence-corrected chi connectivity index (χ2v) is 7.37. The van der Waals surface area contributed by atoms with Crippen molar-refractivity contribution in [2.45, 2.75) is 13.0 Å². The minimum Gasteiger partial charge on any atom is -0.354 e. The molecule has 1 N–H and O–H groups in total. The maximum absolute atomic E-state index is 13.1. The molecule has 1 atom stereocenters. The van der Waals surface area contributed by atoms with Crippen molar-refractivity contribution in [1.29, 1.82) is 0 Å². The number of hydrogen-bond acceptors (Lipinski definition) is 6. The lowest BCUT2D eigenvalue weighted by Gasteiger charge is -2.36. The molecule has 2 aromatic heterocycles. The van der Waals surface area contributed by atoms with Gasteiger partial charge in [-0.3, -0.25) is 9.69 Å². The van der Waals surface area contributed by atoms with Crippen LogP contribution >= 0.6 is 0 Å². The molecule has 4 rings (SSSR count). The Morgan fingerprint density at radius 3 is 2.60 bits per heavy atom. The van der Waals surface area contributed by atoms with Gasteiger partial charge in [0.2, 0.25) is 0 Å². The van der Waals surface area contributed by atoms with Gasteiger partial charge >= 0.3 is 0 Å². The van der Waals surface area contributed by atoms with Crippen molar-refractivity contribution in [3.8, 4) is 5.69 Å². The summed E-state index contributed by atoms with van der Waals surface area (Å²) in [5.74, 6) is 0.400. The van der Waals surface area contributed by atoms with Gasteiger partial charge in [0.15, 0.2) is 5.69 Å².